The highest BCUT2D eigenvalue weighted by Gasteiger charge is 2.39. The minimum absolute atomic E-state index is 0.560. The van der Waals surface area contributed by atoms with E-state index in [1.165, 1.54) is 0 Å². The van der Waals surface area contributed by atoms with E-state index < -0.39 is 8.41 Å². The standard InChI is InChI=1S/C7H18N4S4/c1-2-3-4-8-11-9-6(12,13)5-7(14,15)10-11/h8-10,12-15H,2-5H2,1H3. The Morgan fingerprint density at radius 3 is 2.20 bits per heavy atom. The minimum Gasteiger partial charge on any atom is -0.227 e. The average molecular weight is 287 g/mol. The maximum absolute atomic E-state index is 4.37. The van der Waals surface area contributed by atoms with Crippen LogP contribution in [0.15, 0.2) is 0 Å². The van der Waals surface area contributed by atoms with Gasteiger partial charge < -0.3 is 0 Å². The molecule has 0 bridgehead atoms. The lowest BCUT2D eigenvalue weighted by molar-refractivity contribution is -0.00252. The molecule has 0 aromatic heterocycles. The molecule has 8 heteroatoms. The van der Waals surface area contributed by atoms with Crippen molar-refractivity contribution in [3.63, 3.8) is 0 Å². The van der Waals surface area contributed by atoms with E-state index in [-0.39, 0.29) is 0 Å². The summed E-state index contributed by atoms with van der Waals surface area (Å²) in [5, 5.41) is 1.62. The van der Waals surface area contributed by atoms with Crippen LogP contribution in [0.5, 0.6) is 0 Å². The molecule has 0 radical (unpaired) electrons. The molecular weight excluding hydrogens is 268 g/mol. The first-order valence-electron chi connectivity index (χ1n) is 4.83. The number of hydrazine groups is 3. The Balaban J connectivity index is 2.44. The Morgan fingerprint density at radius 1 is 1.20 bits per heavy atom. The van der Waals surface area contributed by atoms with Crippen LogP contribution >= 0.6 is 50.5 Å². The van der Waals surface area contributed by atoms with Gasteiger partial charge in [0.25, 0.3) is 0 Å². The Morgan fingerprint density at radius 2 is 1.73 bits per heavy atom. The molecule has 1 rings (SSSR count). The maximum Gasteiger partial charge on any atom is 0.124 e. The highest BCUT2D eigenvalue weighted by atomic mass is 32.2. The monoisotopic (exact) mass is 286 g/mol. The molecule has 0 spiro atoms. The molecule has 1 heterocycles. The number of rotatable bonds is 4. The summed E-state index contributed by atoms with van der Waals surface area (Å²) in [5.74, 6) is 0. The smallest absolute Gasteiger partial charge is 0.124 e. The van der Waals surface area contributed by atoms with Crippen LogP contribution < -0.4 is 16.3 Å². The van der Waals surface area contributed by atoms with Gasteiger partial charge in [-0.15, -0.1) is 55.7 Å². The van der Waals surface area contributed by atoms with Crippen molar-refractivity contribution in [1.29, 1.82) is 0 Å². The van der Waals surface area contributed by atoms with Gasteiger partial charge in [0, 0.05) is 13.0 Å². The number of hydrogen-bond acceptors (Lipinski definition) is 8. The van der Waals surface area contributed by atoms with Crippen LogP contribution in [-0.2, 0) is 0 Å². The van der Waals surface area contributed by atoms with E-state index in [9.17, 15) is 0 Å². The van der Waals surface area contributed by atoms with Crippen molar-refractivity contribution >= 4 is 50.5 Å². The fourth-order valence-electron chi connectivity index (χ4n) is 1.26. The summed E-state index contributed by atoms with van der Waals surface area (Å²) in [7, 11) is 0. The summed E-state index contributed by atoms with van der Waals surface area (Å²) in [6.07, 6.45) is 2.79. The minimum atomic E-state index is -0.631. The molecule has 0 unspecified atom stereocenters. The Labute approximate surface area is 113 Å². The van der Waals surface area contributed by atoms with Crippen molar-refractivity contribution in [1.82, 2.24) is 21.5 Å². The SMILES string of the molecule is CCCCNN1NC(S)(S)CC(S)(S)N1. The predicted octanol–water partition coefficient (Wildman–Crippen LogP) is 1.03. The molecule has 1 fully saturated rings. The van der Waals surface area contributed by atoms with Gasteiger partial charge >= 0.3 is 0 Å². The highest BCUT2D eigenvalue weighted by molar-refractivity contribution is 8.02. The van der Waals surface area contributed by atoms with Crippen molar-refractivity contribution < 1.29 is 0 Å². The average Bonchev–Trinajstić information content (AvgIpc) is 1.98. The number of nitrogens with one attached hydrogen (secondary N) is 3. The third kappa shape index (κ3) is 5.40. The quantitative estimate of drug-likeness (QED) is 0.240. The van der Waals surface area contributed by atoms with Crippen LogP contribution in [0.1, 0.15) is 26.2 Å². The predicted molar refractivity (Wildman–Crippen MR) is 77.0 cm³/mol. The Hall–Kier alpha value is 1.24. The largest absolute Gasteiger partial charge is 0.227 e. The molecule has 4 nitrogen and oxygen atoms in total. The maximum atomic E-state index is 4.37. The summed E-state index contributed by atoms with van der Waals surface area (Å²) in [6, 6.07) is 0. The van der Waals surface area contributed by atoms with Gasteiger partial charge in [0.15, 0.2) is 0 Å². The summed E-state index contributed by atoms with van der Waals surface area (Å²) in [5.41, 5.74) is 9.25. The normalized spacial score (nSPS) is 25.4. The molecule has 90 valence electrons. The third-order valence-corrected chi connectivity index (χ3v) is 2.91. The first kappa shape index (κ1) is 14.3. The molecule has 0 amide bonds. The van der Waals surface area contributed by atoms with Gasteiger partial charge in [0.2, 0.25) is 0 Å². The van der Waals surface area contributed by atoms with E-state index >= 15 is 0 Å². The van der Waals surface area contributed by atoms with Gasteiger partial charge in [-0.05, 0) is 6.42 Å². The van der Waals surface area contributed by atoms with Crippen molar-refractivity contribution in [2.45, 2.75) is 34.6 Å². The number of nitrogens with zero attached hydrogens (tertiary/aromatic N) is 1. The van der Waals surface area contributed by atoms with Crippen LogP contribution in [0, 0.1) is 0 Å². The van der Waals surface area contributed by atoms with Crippen molar-refractivity contribution in [3.8, 4) is 0 Å². The lowest BCUT2D eigenvalue weighted by atomic mass is 10.3. The fourth-order valence-corrected chi connectivity index (χ4v) is 3.10. The summed E-state index contributed by atoms with van der Waals surface area (Å²) in [4.78, 5) is 0. The molecule has 0 saturated carbocycles. The van der Waals surface area contributed by atoms with Gasteiger partial charge in [0.1, 0.15) is 8.41 Å². The molecule has 3 N–H and O–H groups in total. The first-order chi connectivity index (χ1) is 6.85. The van der Waals surface area contributed by atoms with Gasteiger partial charge in [-0.1, -0.05) is 13.3 Å². The number of unbranched alkanes of at least 4 members (excludes halogenated alkanes) is 1. The van der Waals surface area contributed by atoms with E-state index in [0.717, 1.165) is 19.4 Å². The zero-order valence-electron chi connectivity index (χ0n) is 8.56. The van der Waals surface area contributed by atoms with Gasteiger partial charge in [-0.25, -0.2) is 16.3 Å². The van der Waals surface area contributed by atoms with Crippen molar-refractivity contribution in [2.75, 3.05) is 6.54 Å². The Bertz CT molecular complexity index is 195. The topological polar surface area (TPSA) is 39.3 Å². The van der Waals surface area contributed by atoms with Crippen LogP contribution in [0.2, 0.25) is 0 Å². The first-order valence-corrected chi connectivity index (χ1v) is 6.62. The second kappa shape index (κ2) is 5.72. The molecule has 0 atom stereocenters. The summed E-state index contributed by atoms with van der Waals surface area (Å²) < 4.78 is -1.26. The summed E-state index contributed by atoms with van der Waals surface area (Å²) in [6.45, 7) is 3.01. The molecular formula is C7H18N4S4. The molecule has 0 aliphatic carbocycles. The molecule has 1 aliphatic rings. The van der Waals surface area contributed by atoms with Crippen molar-refractivity contribution in [3.05, 3.63) is 0 Å². The number of thiol groups is 4. The van der Waals surface area contributed by atoms with Crippen LogP contribution in [0.25, 0.3) is 0 Å². The summed E-state index contributed by atoms with van der Waals surface area (Å²) >= 11 is 17.5. The Kier molecular flexibility index (Phi) is 5.46. The molecule has 15 heavy (non-hydrogen) atoms. The highest BCUT2D eigenvalue weighted by Crippen LogP contribution is 2.35. The molecule has 0 aromatic carbocycles. The van der Waals surface area contributed by atoms with Crippen molar-refractivity contribution in [2.24, 2.45) is 0 Å². The van der Waals surface area contributed by atoms with E-state index in [1.807, 2.05) is 0 Å². The molecule has 0 aromatic rings. The van der Waals surface area contributed by atoms with E-state index in [4.69, 9.17) is 0 Å². The molecule has 1 saturated heterocycles. The zero-order valence-corrected chi connectivity index (χ0v) is 12.1. The third-order valence-electron chi connectivity index (χ3n) is 1.87. The van der Waals surface area contributed by atoms with Gasteiger partial charge in [-0.3, -0.25) is 0 Å². The second-order valence-corrected chi connectivity index (χ2v) is 7.39. The van der Waals surface area contributed by atoms with E-state index in [1.54, 1.807) is 5.23 Å². The van der Waals surface area contributed by atoms with Crippen LogP contribution in [0.4, 0.5) is 0 Å². The van der Waals surface area contributed by atoms with Gasteiger partial charge in [-0.2, -0.15) is 0 Å². The lowest BCUT2D eigenvalue weighted by Gasteiger charge is -2.45. The fraction of sp³-hybridized carbons (Fsp3) is 1.00. The van der Waals surface area contributed by atoms with Crippen LogP contribution in [0.3, 0.4) is 0 Å². The molecule has 1 aliphatic heterocycles. The van der Waals surface area contributed by atoms with Crippen LogP contribution in [-0.4, -0.2) is 20.2 Å². The lowest BCUT2D eigenvalue weighted by Crippen LogP contribution is -2.70. The zero-order chi connectivity index (χ0) is 11.5. The number of hydrogen-bond donors (Lipinski definition) is 7. The van der Waals surface area contributed by atoms with Gasteiger partial charge in [0.05, 0.1) is 0 Å². The second-order valence-electron chi connectivity index (χ2n) is 3.63. The van der Waals surface area contributed by atoms with E-state index in [2.05, 4.69) is 73.7 Å². The van der Waals surface area contributed by atoms with E-state index in [0.29, 0.717) is 6.42 Å².